The molecular weight excluding hydrogens is 250 g/mol. The Hall–Kier alpha value is -0.460. The second-order valence-corrected chi connectivity index (χ2v) is 4.27. The van der Waals surface area contributed by atoms with Gasteiger partial charge in [-0.2, -0.15) is 0 Å². The van der Waals surface area contributed by atoms with Crippen LogP contribution in [0.2, 0.25) is 0 Å². The summed E-state index contributed by atoms with van der Waals surface area (Å²) in [6.45, 7) is 1.26. The van der Waals surface area contributed by atoms with Crippen LogP contribution < -0.4 is 0 Å². The molecule has 0 bridgehead atoms. The summed E-state index contributed by atoms with van der Waals surface area (Å²) in [7, 11) is 0. The third kappa shape index (κ3) is 2.69. The summed E-state index contributed by atoms with van der Waals surface area (Å²) in [5, 5.41) is 0. The molecule has 7 heteroatoms. The van der Waals surface area contributed by atoms with Gasteiger partial charge in [-0.25, -0.2) is 26.3 Å². The summed E-state index contributed by atoms with van der Waals surface area (Å²) in [6.07, 6.45) is -9.65. The standard InChI is InChI=1S/C10H14F6O/c1-5(11)9(13,14)7-3-4-8(17-7)10(15,16)6(2)12/h5-8H,3-4H2,1-2H3. The van der Waals surface area contributed by atoms with Crippen LogP contribution in [0.25, 0.3) is 0 Å². The van der Waals surface area contributed by atoms with E-state index in [1.165, 1.54) is 0 Å². The predicted octanol–water partition coefficient (Wildman–Crippen LogP) is 3.52. The van der Waals surface area contributed by atoms with Gasteiger partial charge < -0.3 is 4.74 Å². The molecule has 102 valence electrons. The fraction of sp³-hybridized carbons (Fsp3) is 1.00. The molecule has 0 aromatic rings. The molecule has 0 saturated carbocycles. The minimum Gasteiger partial charge on any atom is -0.362 e. The first-order valence-electron chi connectivity index (χ1n) is 5.29. The van der Waals surface area contributed by atoms with E-state index < -0.39 is 49.2 Å². The molecule has 1 saturated heterocycles. The maximum Gasteiger partial charge on any atom is 0.303 e. The normalized spacial score (nSPS) is 30.4. The van der Waals surface area contributed by atoms with Crippen molar-refractivity contribution in [3.63, 3.8) is 0 Å². The van der Waals surface area contributed by atoms with Gasteiger partial charge in [-0.1, -0.05) is 0 Å². The fourth-order valence-corrected chi connectivity index (χ4v) is 1.72. The highest BCUT2D eigenvalue weighted by Gasteiger charge is 2.56. The summed E-state index contributed by atoms with van der Waals surface area (Å²) in [4.78, 5) is 0. The van der Waals surface area contributed by atoms with Crippen molar-refractivity contribution in [2.45, 2.75) is 63.1 Å². The molecule has 1 rings (SSSR count). The summed E-state index contributed by atoms with van der Waals surface area (Å²) in [6, 6.07) is 0. The molecule has 4 atom stereocenters. The lowest BCUT2D eigenvalue weighted by molar-refractivity contribution is -0.212. The van der Waals surface area contributed by atoms with E-state index in [2.05, 4.69) is 4.74 Å². The second-order valence-electron chi connectivity index (χ2n) is 4.27. The Bertz CT molecular complexity index is 240. The molecule has 0 spiro atoms. The van der Waals surface area contributed by atoms with Gasteiger partial charge in [0, 0.05) is 0 Å². The molecule has 1 aliphatic rings. The minimum atomic E-state index is -3.83. The van der Waals surface area contributed by atoms with Crippen molar-refractivity contribution in [2.75, 3.05) is 0 Å². The number of alkyl halides is 6. The van der Waals surface area contributed by atoms with Crippen molar-refractivity contribution < 1.29 is 31.1 Å². The highest BCUT2D eigenvalue weighted by molar-refractivity contribution is 4.94. The first kappa shape index (κ1) is 14.6. The second kappa shape index (κ2) is 4.66. The molecule has 1 fully saturated rings. The minimum absolute atomic E-state index is 0.408. The maximum atomic E-state index is 13.2. The first-order valence-corrected chi connectivity index (χ1v) is 5.29. The van der Waals surface area contributed by atoms with E-state index in [-0.39, 0.29) is 0 Å². The Balaban J connectivity index is 2.71. The van der Waals surface area contributed by atoms with Gasteiger partial charge in [0.2, 0.25) is 0 Å². The highest BCUT2D eigenvalue weighted by atomic mass is 19.3. The number of ether oxygens (including phenoxy) is 1. The molecule has 0 amide bonds. The monoisotopic (exact) mass is 264 g/mol. The third-order valence-electron chi connectivity index (χ3n) is 2.94. The van der Waals surface area contributed by atoms with Crippen LogP contribution in [0, 0.1) is 0 Å². The van der Waals surface area contributed by atoms with Crippen molar-refractivity contribution in [1.29, 1.82) is 0 Å². The molecule has 0 aromatic heterocycles. The fourth-order valence-electron chi connectivity index (χ4n) is 1.72. The van der Waals surface area contributed by atoms with Crippen molar-refractivity contribution in [2.24, 2.45) is 0 Å². The van der Waals surface area contributed by atoms with Crippen LogP contribution >= 0.6 is 0 Å². The third-order valence-corrected chi connectivity index (χ3v) is 2.94. The smallest absolute Gasteiger partial charge is 0.303 e. The largest absolute Gasteiger partial charge is 0.362 e. The molecule has 1 nitrogen and oxygen atoms in total. The van der Waals surface area contributed by atoms with Gasteiger partial charge in [-0.3, -0.25) is 0 Å². The quantitative estimate of drug-likeness (QED) is 0.706. The van der Waals surface area contributed by atoms with Crippen molar-refractivity contribution in [3.05, 3.63) is 0 Å². The Morgan fingerprint density at radius 3 is 1.41 bits per heavy atom. The predicted molar refractivity (Wildman–Crippen MR) is 48.9 cm³/mol. The van der Waals surface area contributed by atoms with Gasteiger partial charge in [0.05, 0.1) is 0 Å². The molecule has 0 radical (unpaired) electrons. The number of rotatable bonds is 4. The molecule has 0 N–H and O–H groups in total. The Morgan fingerprint density at radius 1 is 0.882 bits per heavy atom. The SMILES string of the molecule is CC(F)C(F)(F)C1CCC(C(F)(F)C(C)F)O1. The molecule has 0 aliphatic carbocycles. The lowest BCUT2D eigenvalue weighted by atomic mass is 10.0. The van der Waals surface area contributed by atoms with Gasteiger partial charge in [-0.05, 0) is 26.7 Å². The Labute approximate surface area is 95.1 Å². The van der Waals surface area contributed by atoms with E-state index in [1.807, 2.05) is 0 Å². The maximum absolute atomic E-state index is 13.2. The van der Waals surface area contributed by atoms with Crippen LogP contribution in [0.1, 0.15) is 26.7 Å². The molecular formula is C10H14F6O. The van der Waals surface area contributed by atoms with Crippen molar-refractivity contribution in [3.8, 4) is 0 Å². The Morgan fingerprint density at radius 2 is 1.18 bits per heavy atom. The van der Waals surface area contributed by atoms with Crippen molar-refractivity contribution >= 4 is 0 Å². The van der Waals surface area contributed by atoms with Gasteiger partial charge in [0.25, 0.3) is 0 Å². The van der Waals surface area contributed by atoms with E-state index >= 15 is 0 Å². The summed E-state index contributed by atoms with van der Waals surface area (Å²) in [5.74, 6) is -7.66. The number of halogens is 6. The van der Waals surface area contributed by atoms with Crippen molar-refractivity contribution in [1.82, 2.24) is 0 Å². The molecule has 4 unspecified atom stereocenters. The van der Waals surface area contributed by atoms with E-state index in [0.717, 1.165) is 0 Å². The molecule has 1 heterocycles. The van der Waals surface area contributed by atoms with E-state index in [1.54, 1.807) is 0 Å². The van der Waals surface area contributed by atoms with Gasteiger partial charge >= 0.3 is 11.8 Å². The van der Waals surface area contributed by atoms with Crippen LogP contribution in [0.5, 0.6) is 0 Å². The van der Waals surface area contributed by atoms with E-state index in [0.29, 0.717) is 13.8 Å². The molecule has 0 aromatic carbocycles. The zero-order chi connectivity index (χ0) is 13.4. The lowest BCUT2D eigenvalue weighted by Gasteiger charge is -2.28. The van der Waals surface area contributed by atoms with Crippen LogP contribution in [0.15, 0.2) is 0 Å². The van der Waals surface area contributed by atoms with Gasteiger partial charge in [0.1, 0.15) is 12.2 Å². The highest BCUT2D eigenvalue weighted by Crippen LogP contribution is 2.41. The summed E-state index contributed by atoms with van der Waals surface area (Å²) >= 11 is 0. The van der Waals surface area contributed by atoms with Crippen LogP contribution in [0.4, 0.5) is 26.3 Å². The van der Waals surface area contributed by atoms with Gasteiger partial charge in [-0.15, -0.1) is 0 Å². The van der Waals surface area contributed by atoms with E-state index in [4.69, 9.17) is 0 Å². The van der Waals surface area contributed by atoms with Gasteiger partial charge in [0.15, 0.2) is 12.3 Å². The van der Waals surface area contributed by atoms with Crippen LogP contribution in [0.3, 0.4) is 0 Å². The van der Waals surface area contributed by atoms with Crippen LogP contribution in [-0.2, 0) is 4.74 Å². The zero-order valence-electron chi connectivity index (χ0n) is 9.40. The average Bonchev–Trinajstić information content (AvgIpc) is 2.66. The van der Waals surface area contributed by atoms with Crippen LogP contribution in [-0.4, -0.2) is 36.4 Å². The average molecular weight is 264 g/mol. The van der Waals surface area contributed by atoms with E-state index in [9.17, 15) is 26.3 Å². The topological polar surface area (TPSA) is 9.23 Å². The molecule has 1 aliphatic heterocycles. The summed E-state index contributed by atoms with van der Waals surface area (Å²) < 4.78 is 82.4. The number of hydrogen-bond donors (Lipinski definition) is 0. The first-order chi connectivity index (χ1) is 7.60. The number of hydrogen-bond acceptors (Lipinski definition) is 1. The lowest BCUT2D eigenvalue weighted by Crippen LogP contribution is -2.45. The Kier molecular flexibility index (Phi) is 4.01. The summed E-state index contributed by atoms with van der Waals surface area (Å²) in [5.41, 5.74) is 0. The molecule has 17 heavy (non-hydrogen) atoms. The zero-order valence-corrected chi connectivity index (χ0v) is 9.40.